The summed E-state index contributed by atoms with van der Waals surface area (Å²) in [7, 11) is 0. The Labute approximate surface area is 110 Å². The van der Waals surface area contributed by atoms with Gasteiger partial charge in [-0.25, -0.2) is 9.37 Å². The zero-order valence-corrected chi connectivity index (χ0v) is 11.1. The molecule has 4 nitrogen and oxygen atoms in total. The summed E-state index contributed by atoms with van der Waals surface area (Å²) < 4.78 is 14.4. The second-order valence-corrected chi connectivity index (χ2v) is 4.77. The summed E-state index contributed by atoms with van der Waals surface area (Å²) in [6.07, 6.45) is 2.47. The molecular weight excluding hydrogens is 247 g/mol. The second kappa shape index (κ2) is 5.09. The lowest BCUT2D eigenvalue weighted by Gasteiger charge is -2.25. The second-order valence-electron chi connectivity index (χ2n) is 4.77. The van der Waals surface area contributed by atoms with E-state index in [1.165, 1.54) is 29.1 Å². The lowest BCUT2D eigenvalue weighted by atomic mass is 9.97. The molecule has 0 saturated heterocycles. The van der Waals surface area contributed by atoms with E-state index < -0.39 is 11.4 Å². The minimum atomic E-state index is -0.917. The number of nitrogens with zero attached hydrogens (tertiary/aromatic N) is 2. The first kappa shape index (κ1) is 13.7. The largest absolute Gasteiger partial charge is 0.388 e. The molecule has 102 valence electrons. The maximum atomic E-state index is 13.1. The van der Waals surface area contributed by atoms with Crippen LogP contribution in [0.15, 0.2) is 29.3 Å². The van der Waals surface area contributed by atoms with Crippen LogP contribution in [-0.4, -0.2) is 20.3 Å². The Balaban J connectivity index is 2.49. The Morgan fingerprint density at radius 1 is 1.37 bits per heavy atom. The van der Waals surface area contributed by atoms with Crippen LogP contribution < -0.4 is 5.56 Å². The average molecular weight is 264 g/mol. The van der Waals surface area contributed by atoms with Crippen LogP contribution in [0.25, 0.3) is 10.9 Å². The van der Waals surface area contributed by atoms with Gasteiger partial charge < -0.3 is 5.11 Å². The highest BCUT2D eigenvalue weighted by Gasteiger charge is 2.23. The molecule has 0 aliphatic heterocycles. The van der Waals surface area contributed by atoms with Crippen LogP contribution in [0, 0.1) is 5.82 Å². The van der Waals surface area contributed by atoms with Gasteiger partial charge in [-0.2, -0.15) is 0 Å². The number of aliphatic hydroxyl groups is 1. The third kappa shape index (κ3) is 2.66. The Morgan fingerprint density at radius 2 is 2.05 bits per heavy atom. The van der Waals surface area contributed by atoms with Crippen molar-refractivity contribution in [3.8, 4) is 0 Å². The van der Waals surface area contributed by atoms with Gasteiger partial charge in [-0.1, -0.05) is 13.8 Å². The van der Waals surface area contributed by atoms with Crippen molar-refractivity contribution >= 4 is 10.9 Å². The van der Waals surface area contributed by atoms with Crippen molar-refractivity contribution in [2.45, 2.75) is 38.8 Å². The molecule has 0 amide bonds. The SMILES string of the molecule is CCC(O)(CC)Cn1cnc2cc(F)ccc2c1=O. The minimum absolute atomic E-state index is 0.194. The van der Waals surface area contributed by atoms with Gasteiger partial charge in [0.2, 0.25) is 0 Å². The van der Waals surface area contributed by atoms with E-state index in [0.717, 1.165) is 0 Å². The Hall–Kier alpha value is -1.75. The number of benzene rings is 1. The van der Waals surface area contributed by atoms with Gasteiger partial charge in [0.1, 0.15) is 5.82 Å². The lowest BCUT2D eigenvalue weighted by Crippen LogP contribution is -2.37. The predicted octanol–water partition coefficient (Wildman–Crippen LogP) is 2.09. The fourth-order valence-electron chi connectivity index (χ4n) is 2.03. The Morgan fingerprint density at radius 3 is 2.68 bits per heavy atom. The summed E-state index contributed by atoms with van der Waals surface area (Å²) in [5.74, 6) is -0.421. The molecule has 1 aromatic carbocycles. The van der Waals surface area contributed by atoms with Crippen molar-refractivity contribution in [3.05, 3.63) is 40.7 Å². The van der Waals surface area contributed by atoms with Crippen LogP contribution in [0.5, 0.6) is 0 Å². The van der Waals surface area contributed by atoms with Gasteiger partial charge >= 0.3 is 0 Å². The van der Waals surface area contributed by atoms with Crippen LogP contribution in [0.1, 0.15) is 26.7 Å². The van der Waals surface area contributed by atoms with Crippen molar-refractivity contribution in [1.82, 2.24) is 9.55 Å². The molecule has 0 aliphatic rings. The predicted molar refractivity (Wildman–Crippen MR) is 71.5 cm³/mol. The third-order valence-corrected chi connectivity index (χ3v) is 3.57. The quantitative estimate of drug-likeness (QED) is 0.920. The number of hydrogen-bond acceptors (Lipinski definition) is 3. The minimum Gasteiger partial charge on any atom is -0.388 e. The first-order chi connectivity index (χ1) is 8.99. The van der Waals surface area contributed by atoms with E-state index in [4.69, 9.17) is 0 Å². The molecule has 1 heterocycles. The van der Waals surface area contributed by atoms with Gasteiger partial charge in [0.15, 0.2) is 0 Å². The van der Waals surface area contributed by atoms with Crippen molar-refractivity contribution in [3.63, 3.8) is 0 Å². The number of halogens is 1. The fraction of sp³-hybridized carbons (Fsp3) is 0.429. The zero-order chi connectivity index (χ0) is 14.0. The topological polar surface area (TPSA) is 55.1 Å². The fourth-order valence-corrected chi connectivity index (χ4v) is 2.03. The summed E-state index contributed by atoms with van der Waals surface area (Å²) in [6.45, 7) is 3.94. The maximum absolute atomic E-state index is 13.1. The lowest BCUT2D eigenvalue weighted by molar-refractivity contribution is 0.0140. The summed E-state index contributed by atoms with van der Waals surface area (Å²) >= 11 is 0. The van der Waals surface area contributed by atoms with Gasteiger partial charge in [-0.3, -0.25) is 9.36 Å². The van der Waals surface area contributed by atoms with Crippen molar-refractivity contribution < 1.29 is 9.50 Å². The molecule has 1 aromatic heterocycles. The van der Waals surface area contributed by atoms with E-state index in [2.05, 4.69) is 4.98 Å². The molecule has 0 radical (unpaired) electrons. The highest BCUT2D eigenvalue weighted by Crippen LogP contribution is 2.17. The van der Waals surface area contributed by atoms with E-state index in [1.807, 2.05) is 13.8 Å². The van der Waals surface area contributed by atoms with Crippen LogP contribution >= 0.6 is 0 Å². The monoisotopic (exact) mass is 264 g/mol. The molecular formula is C14H17FN2O2. The van der Waals surface area contributed by atoms with Crippen LogP contribution in [0.2, 0.25) is 0 Å². The number of hydrogen-bond donors (Lipinski definition) is 1. The average Bonchev–Trinajstić information content (AvgIpc) is 2.42. The Bertz CT molecular complexity index is 647. The van der Waals surface area contributed by atoms with Gasteiger partial charge in [0.05, 0.1) is 29.4 Å². The number of aromatic nitrogens is 2. The molecule has 0 unspecified atom stereocenters. The molecule has 0 bridgehead atoms. The molecule has 0 aliphatic carbocycles. The van der Waals surface area contributed by atoms with Crippen LogP contribution in [0.3, 0.4) is 0 Å². The molecule has 1 N–H and O–H groups in total. The smallest absolute Gasteiger partial charge is 0.261 e. The van der Waals surface area contributed by atoms with Crippen LogP contribution in [-0.2, 0) is 6.54 Å². The van der Waals surface area contributed by atoms with Crippen molar-refractivity contribution in [2.75, 3.05) is 0 Å². The third-order valence-electron chi connectivity index (χ3n) is 3.57. The van der Waals surface area contributed by atoms with Gasteiger partial charge in [-0.05, 0) is 25.0 Å². The van der Waals surface area contributed by atoms with Crippen LogP contribution in [0.4, 0.5) is 4.39 Å². The van der Waals surface area contributed by atoms with E-state index in [1.54, 1.807) is 0 Å². The molecule has 2 rings (SSSR count). The number of fused-ring (bicyclic) bond motifs is 1. The highest BCUT2D eigenvalue weighted by molar-refractivity contribution is 5.77. The zero-order valence-electron chi connectivity index (χ0n) is 11.1. The summed E-state index contributed by atoms with van der Waals surface area (Å²) in [5, 5.41) is 10.6. The van der Waals surface area contributed by atoms with E-state index in [9.17, 15) is 14.3 Å². The van der Waals surface area contributed by atoms with Crippen molar-refractivity contribution in [2.24, 2.45) is 0 Å². The van der Waals surface area contributed by atoms with Gasteiger partial charge in [0.25, 0.3) is 5.56 Å². The maximum Gasteiger partial charge on any atom is 0.261 e. The standard InChI is InChI=1S/C14H17FN2O2/c1-3-14(19,4-2)8-17-9-16-12-7-10(15)5-6-11(12)13(17)18/h5-7,9,19H,3-4,8H2,1-2H3. The summed E-state index contributed by atoms with van der Waals surface area (Å²) in [4.78, 5) is 16.3. The Kier molecular flexibility index (Phi) is 3.66. The van der Waals surface area contributed by atoms with Gasteiger partial charge in [0, 0.05) is 6.07 Å². The normalized spacial score (nSPS) is 12.0. The molecule has 0 fully saturated rings. The van der Waals surface area contributed by atoms with E-state index in [-0.39, 0.29) is 12.1 Å². The van der Waals surface area contributed by atoms with Gasteiger partial charge in [-0.15, -0.1) is 0 Å². The highest BCUT2D eigenvalue weighted by atomic mass is 19.1. The molecule has 0 spiro atoms. The first-order valence-corrected chi connectivity index (χ1v) is 6.36. The summed E-state index contributed by atoms with van der Waals surface area (Å²) in [5.41, 5.74) is -0.845. The molecule has 2 aromatic rings. The summed E-state index contributed by atoms with van der Waals surface area (Å²) in [6, 6.07) is 3.89. The molecule has 0 saturated carbocycles. The number of rotatable bonds is 4. The molecule has 5 heteroatoms. The van der Waals surface area contributed by atoms with E-state index in [0.29, 0.717) is 23.7 Å². The molecule has 19 heavy (non-hydrogen) atoms. The van der Waals surface area contributed by atoms with Crippen molar-refractivity contribution in [1.29, 1.82) is 0 Å². The first-order valence-electron chi connectivity index (χ1n) is 6.36. The van der Waals surface area contributed by atoms with E-state index >= 15 is 0 Å². The molecule has 0 atom stereocenters.